The molecule has 0 saturated heterocycles. The molecule has 14 heavy (non-hydrogen) atoms. The van der Waals surface area contributed by atoms with Crippen LogP contribution in [0.2, 0.25) is 0 Å². The summed E-state index contributed by atoms with van der Waals surface area (Å²) in [5.74, 6) is 0. The summed E-state index contributed by atoms with van der Waals surface area (Å²) in [5.41, 5.74) is 9.54. The second-order valence-corrected chi connectivity index (χ2v) is 4.48. The van der Waals surface area contributed by atoms with E-state index in [0.29, 0.717) is 11.5 Å². The van der Waals surface area contributed by atoms with Gasteiger partial charge in [0.1, 0.15) is 0 Å². The SMILES string of the molecule is Cl.N[C@H]1CC12CCCc1ccccc12. The minimum absolute atomic E-state index is 0. The van der Waals surface area contributed by atoms with Crippen LogP contribution in [0.3, 0.4) is 0 Å². The third-order valence-electron chi connectivity index (χ3n) is 3.76. The van der Waals surface area contributed by atoms with E-state index in [4.69, 9.17) is 5.73 Å². The molecule has 0 amide bonds. The number of hydrogen-bond acceptors (Lipinski definition) is 1. The van der Waals surface area contributed by atoms with E-state index >= 15 is 0 Å². The van der Waals surface area contributed by atoms with Gasteiger partial charge >= 0.3 is 0 Å². The maximum atomic E-state index is 6.05. The summed E-state index contributed by atoms with van der Waals surface area (Å²) in [6.45, 7) is 0. The van der Waals surface area contributed by atoms with Crippen LogP contribution in [0.5, 0.6) is 0 Å². The van der Waals surface area contributed by atoms with Gasteiger partial charge < -0.3 is 5.73 Å². The third-order valence-corrected chi connectivity index (χ3v) is 3.76. The quantitative estimate of drug-likeness (QED) is 0.698. The zero-order valence-corrected chi connectivity index (χ0v) is 9.02. The highest BCUT2D eigenvalue weighted by atomic mass is 35.5. The van der Waals surface area contributed by atoms with Crippen molar-refractivity contribution >= 4 is 12.4 Å². The molecule has 1 nitrogen and oxygen atoms in total. The minimum atomic E-state index is 0. The van der Waals surface area contributed by atoms with Crippen LogP contribution in [-0.2, 0) is 11.8 Å². The lowest BCUT2D eigenvalue weighted by Crippen LogP contribution is -2.23. The first-order valence-electron chi connectivity index (χ1n) is 5.17. The first-order valence-corrected chi connectivity index (χ1v) is 5.17. The van der Waals surface area contributed by atoms with Crippen molar-refractivity contribution in [2.45, 2.75) is 37.1 Å². The van der Waals surface area contributed by atoms with Gasteiger partial charge in [0.2, 0.25) is 0 Å². The predicted molar refractivity (Wildman–Crippen MR) is 60.9 cm³/mol. The topological polar surface area (TPSA) is 26.0 Å². The van der Waals surface area contributed by atoms with Crippen LogP contribution in [0, 0.1) is 0 Å². The zero-order chi connectivity index (χ0) is 8.89. The standard InChI is InChI=1S/C12H15N.ClH/c13-11-8-12(11)7-3-5-9-4-1-2-6-10(9)12;/h1-2,4,6,11H,3,5,7-8,13H2;1H/t11-,12?;/m0./s1. The van der Waals surface area contributed by atoms with E-state index in [1.165, 1.54) is 25.7 Å². The van der Waals surface area contributed by atoms with Gasteiger partial charge in [-0.15, -0.1) is 12.4 Å². The zero-order valence-electron chi connectivity index (χ0n) is 8.20. The van der Waals surface area contributed by atoms with Crippen LogP contribution < -0.4 is 5.73 Å². The van der Waals surface area contributed by atoms with E-state index in [9.17, 15) is 0 Å². The fraction of sp³-hybridized carbons (Fsp3) is 0.500. The Morgan fingerprint density at radius 2 is 2.00 bits per heavy atom. The van der Waals surface area contributed by atoms with Crippen LogP contribution in [0.15, 0.2) is 24.3 Å². The monoisotopic (exact) mass is 209 g/mol. The first-order chi connectivity index (χ1) is 6.33. The van der Waals surface area contributed by atoms with Gasteiger partial charge in [0.15, 0.2) is 0 Å². The van der Waals surface area contributed by atoms with Crippen molar-refractivity contribution in [3.05, 3.63) is 35.4 Å². The lowest BCUT2D eigenvalue weighted by molar-refractivity contribution is 0.526. The van der Waals surface area contributed by atoms with Crippen LogP contribution in [-0.4, -0.2) is 6.04 Å². The molecule has 2 N–H and O–H groups in total. The summed E-state index contributed by atoms with van der Waals surface area (Å²) in [5, 5.41) is 0. The Labute approximate surface area is 91.1 Å². The van der Waals surface area contributed by atoms with E-state index in [0.717, 1.165) is 0 Å². The van der Waals surface area contributed by atoms with Crippen molar-refractivity contribution in [3.8, 4) is 0 Å². The Kier molecular flexibility index (Phi) is 2.32. The summed E-state index contributed by atoms with van der Waals surface area (Å²) < 4.78 is 0. The van der Waals surface area contributed by atoms with Gasteiger partial charge in [-0.25, -0.2) is 0 Å². The molecule has 1 unspecified atom stereocenters. The highest BCUT2D eigenvalue weighted by molar-refractivity contribution is 5.85. The number of benzene rings is 1. The first kappa shape index (κ1) is 10.0. The maximum Gasteiger partial charge on any atom is 0.0146 e. The Hall–Kier alpha value is -0.530. The second kappa shape index (κ2) is 3.25. The van der Waals surface area contributed by atoms with Crippen LogP contribution in [0.1, 0.15) is 30.4 Å². The van der Waals surface area contributed by atoms with Crippen molar-refractivity contribution in [3.63, 3.8) is 0 Å². The average Bonchev–Trinajstić information content (AvgIpc) is 2.79. The molecule has 3 rings (SSSR count). The van der Waals surface area contributed by atoms with Crippen molar-refractivity contribution in [1.29, 1.82) is 0 Å². The van der Waals surface area contributed by atoms with Gasteiger partial charge in [-0.1, -0.05) is 24.3 Å². The molecule has 2 aliphatic carbocycles. The van der Waals surface area contributed by atoms with Crippen molar-refractivity contribution in [1.82, 2.24) is 0 Å². The summed E-state index contributed by atoms with van der Waals surface area (Å²) in [4.78, 5) is 0. The highest BCUT2D eigenvalue weighted by Crippen LogP contribution is 2.54. The molecule has 1 aromatic carbocycles. The molecule has 1 spiro atoms. The molecule has 1 aromatic rings. The Balaban J connectivity index is 0.000000750. The number of rotatable bonds is 0. The smallest absolute Gasteiger partial charge is 0.0146 e. The average molecular weight is 210 g/mol. The molecule has 0 bridgehead atoms. The van der Waals surface area contributed by atoms with Crippen LogP contribution in [0.4, 0.5) is 0 Å². The lowest BCUT2D eigenvalue weighted by atomic mass is 9.80. The van der Waals surface area contributed by atoms with Crippen molar-refractivity contribution in [2.75, 3.05) is 0 Å². The fourth-order valence-electron chi connectivity index (χ4n) is 2.88. The van der Waals surface area contributed by atoms with Gasteiger partial charge in [0.25, 0.3) is 0 Å². The molecule has 1 saturated carbocycles. The van der Waals surface area contributed by atoms with E-state index in [1.807, 2.05) is 0 Å². The molecular formula is C12H16ClN. The normalized spacial score (nSPS) is 33.4. The minimum Gasteiger partial charge on any atom is -0.327 e. The van der Waals surface area contributed by atoms with Crippen LogP contribution >= 0.6 is 12.4 Å². The predicted octanol–water partition coefficient (Wildman–Crippen LogP) is 2.41. The highest BCUT2D eigenvalue weighted by Gasteiger charge is 2.54. The Bertz CT molecular complexity index is 350. The third kappa shape index (κ3) is 1.19. The van der Waals surface area contributed by atoms with Crippen LogP contribution in [0.25, 0.3) is 0 Å². The molecular weight excluding hydrogens is 194 g/mol. The Morgan fingerprint density at radius 3 is 2.71 bits per heavy atom. The van der Waals surface area contributed by atoms with E-state index in [1.54, 1.807) is 11.1 Å². The molecule has 2 aliphatic rings. The largest absolute Gasteiger partial charge is 0.327 e. The van der Waals surface area contributed by atoms with Crippen molar-refractivity contribution in [2.24, 2.45) is 5.73 Å². The summed E-state index contributed by atoms with van der Waals surface area (Å²) in [6.07, 6.45) is 5.10. The van der Waals surface area contributed by atoms with E-state index in [-0.39, 0.29) is 12.4 Å². The molecule has 1 fully saturated rings. The molecule has 76 valence electrons. The van der Waals surface area contributed by atoms with Gasteiger partial charge in [-0.3, -0.25) is 0 Å². The second-order valence-electron chi connectivity index (χ2n) is 4.48. The number of halogens is 1. The van der Waals surface area contributed by atoms with Gasteiger partial charge in [-0.05, 0) is 36.8 Å². The van der Waals surface area contributed by atoms with E-state index < -0.39 is 0 Å². The molecule has 0 heterocycles. The van der Waals surface area contributed by atoms with Gasteiger partial charge in [0, 0.05) is 11.5 Å². The molecule has 0 aliphatic heterocycles. The Morgan fingerprint density at radius 1 is 1.29 bits per heavy atom. The maximum absolute atomic E-state index is 6.05. The number of fused-ring (bicyclic) bond motifs is 2. The van der Waals surface area contributed by atoms with E-state index in [2.05, 4.69) is 24.3 Å². The van der Waals surface area contributed by atoms with Gasteiger partial charge in [0.05, 0.1) is 0 Å². The molecule has 2 heteroatoms. The summed E-state index contributed by atoms with van der Waals surface area (Å²) >= 11 is 0. The van der Waals surface area contributed by atoms with Gasteiger partial charge in [-0.2, -0.15) is 0 Å². The number of hydrogen-bond donors (Lipinski definition) is 1. The lowest BCUT2D eigenvalue weighted by Gasteiger charge is -2.25. The molecule has 0 aromatic heterocycles. The molecule has 2 atom stereocenters. The summed E-state index contributed by atoms with van der Waals surface area (Å²) in [7, 11) is 0. The number of aryl methyl sites for hydroxylation is 1. The molecule has 0 radical (unpaired) electrons. The summed E-state index contributed by atoms with van der Waals surface area (Å²) in [6, 6.07) is 9.28. The van der Waals surface area contributed by atoms with Crippen molar-refractivity contribution < 1.29 is 0 Å². The fourth-order valence-corrected chi connectivity index (χ4v) is 2.88. The number of nitrogens with two attached hydrogens (primary N) is 1.